The standard InChI is InChI=1S/C10H18N2O2/c1-10(2)8(3-4-9(13)12-10)11-7-5-14-6-7/h7-8,11H,3-6H2,1-2H3,(H,12,13). The third-order valence-electron chi connectivity index (χ3n) is 3.07. The topological polar surface area (TPSA) is 50.4 Å². The fourth-order valence-electron chi connectivity index (χ4n) is 2.05. The highest BCUT2D eigenvalue weighted by atomic mass is 16.5. The van der Waals surface area contributed by atoms with Crippen molar-refractivity contribution >= 4 is 5.91 Å². The van der Waals surface area contributed by atoms with E-state index in [-0.39, 0.29) is 11.4 Å². The van der Waals surface area contributed by atoms with Crippen LogP contribution >= 0.6 is 0 Å². The molecule has 80 valence electrons. The molecule has 0 radical (unpaired) electrons. The molecule has 2 aliphatic rings. The van der Waals surface area contributed by atoms with Gasteiger partial charge in [-0.05, 0) is 20.3 Å². The van der Waals surface area contributed by atoms with Crippen LogP contribution < -0.4 is 10.6 Å². The van der Waals surface area contributed by atoms with Crippen molar-refractivity contribution in [3.05, 3.63) is 0 Å². The summed E-state index contributed by atoms with van der Waals surface area (Å²) in [7, 11) is 0. The zero-order valence-electron chi connectivity index (χ0n) is 8.80. The third kappa shape index (κ3) is 1.91. The molecule has 2 aliphatic heterocycles. The van der Waals surface area contributed by atoms with Gasteiger partial charge in [0.05, 0.1) is 19.3 Å². The van der Waals surface area contributed by atoms with Gasteiger partial charge in [0.2, 0.25) is 5.91 Å². The van der Waals surface area contributed by atoms with Crippen LogP contribution in [0.25, 0.3) is 0 Å². The SMILES string of the molecule is CC1(C)NC(=O)CCC1NC1COC1. The smallest absolute Gasteiger partial charge is 0.220 e. The molecular weight excluding hydrogens is 180 g/mol. The maximum absolute atomic E-state index is 11.2. The van der Waals surface area contributed by atoms with Crippen LogP contribution in [0.5, 0.6) is 0 Å². The molecule has 2 rings (SSSR count). The zero-order valence-corrected chi connectivity index (χ0v) is 8.80. The minimum absolute atomic E-state index is 0.134. The Morgan fingerprint density at radius 2 is 2.21 bits per heavy atom. The second-order valence-corrected chi connectivity index (χ2v) is 4.76. The van der Waals surface area contributed by atoms with Crippen molar-refractivity contribution in [2.45, 2.75) is 44.3 Å². The van der Waals surface area contributed by atoms with Gasteiger partial charge in [0.1, 0.15) is 0 Å². The summed E-state index contributed by atoms with van der Waals surface area (Å²) in [5.74, 6) is 0.165. The van der Waals surface area contributed by atoms with Crippen LogP contribution in [0.2, 0.25) is 0 Å². The van der Waals surface area contributed by atoms with Crippen LogP contribution in [0.1, 0.15) is 26.7 Å². The van der Waals surface area contributed by atoms with Crippen molar-refractivity contribution in [1.82, 2.24) is 10.6 Å². The van der Waals surface area contributed by atoms with E-state index in [1.807, 2.05) is 0 Å². The van der Waals surface area contributed by atoms with Gasteiger partial charge in [0, 0.05) is 18.0 Å². The van der Waals surface area contributed by atoms with E-state index in [0.717, 1.165) is 19.6 Å². The van der Waals surface area contributed by atoms with E-state index in [1.54, 1.807) is 0 Å². The highest BCUT2D eigenvalue weighted by molar-refractivity contribution is 5.77. The van der Waals surface area contributed by atoms with Crippen LogP contribution in [0, 0.1) is 0 Å². The van der Waals surface area contributed by atoms with Crippen LogP contribution in [0.4, 0.5) is 0 Å². The number of amides is 1. The fourth-order valence-corrected chi connectivity index (χ4v) is 2.05. The first-order valence-electron chi connectivity index (χ1n) is 5.23. The summed E-state index contributed by atoms with van der Waals surface area (Å²) in [6.07, 6.45) is 1.56. The maximum atomic E-state index is 11.2. The van der Waals surface area contributed by atoms with E-state index in [1.165, 1.54) is 0 Å². The average Bonchev–Trinajstić information content (AvgIpc) is 1.97. The molecule has 4 nitrogen and oxygen atoms in total. The molecule has 0 aromatic carbocycles. The molecular formula is C10H18N2O2. The van der Waals surface area contributed by atoms with Crippen LogP contribution in [-0.2, 0) is 9.53 Å². The predicted molar refractivity (Wildman–Crippen MR) is 53.0 cm³/mol. The Bertz CT molecular complexity index is 236. The van der Waals surface area contributed by atoms with Crippen molar-refractivity contribution < 1.29 is 9.53 Å². The quantitative estimate of drug-likeness (QED) is 0.658. The van der Waals surface area contributed by atoms with Gasteiger partial charge < -0.3 is 15.4 Å². The van der Waals surface area contributed by atoms with Gasteiger partial charge in [0.25, 0.3) is 0 Å². The number of hydrogen-bond acceptors (Lipinski definition) is 3. The molecule has 2 fully saturated rings. The van der Waals surface area contributed by atoms with Gasteiger partial charge in [-0.25, -0.2) is 0 Å². The highest BCUT2D eigenvalue weighted by Crippen LogP contribution is 2.21. The molecule has 1 unspecified atom stereocenters. The first kappa shape index (κ1) is 9.93. The number of carbonyl (C=O) groups is 1. The maximum Gasteiger partial charge on any atom is 0.220 e. The molecule has 0 bridgehead atoms. The van der Waals surface area contributed by atoms with E-state index in [2.05, 4.69) is 24.5 Å². The van der Waals surface area contributed by atoms with E-state index in [0.29, 0.717) is 18.5 Å². The largest absolute Gasteiger partial charge is 0.378 e. The molecule has 0 aromatic heterocycles. The van der Waals surface area contributed by atoms with Gasteiger partial charge in [-0.15, -0.1) is 0 Å². The molecule has 1 atom stereocenters. The Morgan fingerprint density at radius 3 is 2.71 bits per heavy atom. The van der Waals surface area contributed by atoms with Gasteiger partial charge >= 0.3 is 0 Å². The summed E-state index contributed by atoms with van der Waals surface area (Å²) >= 11 is 0. The van der Waals surface area contributed by atoms with Gasteiger partial charge in [0.15, 0.2) is 0 Å². The molecule has 2 saturated heterocycles. The number of hydrogen-bond donors (Lipinski definition) is 2. The van der Waals surface area contributed by atoms with Crippen molar-refractivity contribution in [1.29, 1.82) is 0 Å². The Labute approximate surface area is 84.4 Å². The number of nitrogens with one attached hydrogen (secondary N) is 2. The van der Waals surface area contributed by atoms with Gasteiger partial charge in [-0.3, -0.25) is 4.79 Å². The summed E-state index contributed by atoms with van der Waals surface area (Å²) in [6.45, 7) is 5.75. The van der Waals surface area contributed by atoms with Crippen LogP contribution in [-0.4, -0.2) is 36.7 Å². The van der Waals surface area contributed by atoms with Crippen LogP contribution in [0.15, 0.2) is 0 Å². The molecule has 2 N–H and O–H groups in total. The van der Waals surface area contributed by atoms with E-state index >= 15 is 0 Å². The summed E-state index contributed by atoms with van der Waals surface area (Å²) in [4.78, 5) is 11.2. The molecule has 2 heterocycles. The lowest BCUT2D eigenvalue weighted by Gasteiger charge is -2.43. The summed E-state index contributed by atoms with van der Waals surface area (Å²) in [6, 6.07) is 0.850. The summed E-state index contributed by atoms with van der Waals surface area (Å²) in [5.41, 5.74) is -0.134. The molecule has 0 spiro atoms. The lowest BCUT2D eigenvalue weighted by atomic mass is 9.86. The van der Waals surface area contributed by atoms with Crippen LogP contribution in [0.3, 0.4) is 0 Å². The number of carbonyl (C=O) groups excluding carboxylic acids is 1. The number of ether oxygens (including phenoxy) is 1. The van der Waals surface area contributed by atoms with Crippen molar-refractivity contribution in [3.8, 4) is 0 Å². The monoisotopic (exact) mass is 198 g/mol. The van der Waals surface area contributed by atoms with Gasteiger partial charge in [-0.1, -0.05) is 0 Å². The van der Waals surface area contributed by atoms with E-state index in [9.17, 15) is 4.79 Å². The third-order valence-corrected chi connectivity index (χ3v) is 3.07. The lowest BCUT2D eigenvalue weighted by molar-refractivity contribution is -0.125. The first-order chi connectivity index (χ1) is 6.58. The predicted octanol–water partition coefficient (Wildman–Crippen LogP) is 0.0320. The number of rotatable bonds is 2. The Morgan fingerprint density at radius 1 is 1.50 bits per heavy atom. The molecule has 1 amide bonds. The second-order valence-electron chi connectivity index (χ2n) is 4.76. The fraction of sp³-hybridized carbons (Fsp3) is 0.900. The van der Waals surface area contributed by atoms with Crippen molar-refractivity contribution in [2.24, 2.45) is 0 Å². The minimum Gasteiger partial charge on any atom is -0.378 e. The normalized spacial score (nSPS) is 32.1. The Kier molecular flexibility index (Phi) is 2.49. The summed E-state index contributed by atoms with van der Waals surface area (Å²) < 4.78 is 5.12. The first-order valence-corrected chi connectivity index (χ1v) is 5.23. The lowest BCUT2D eigenvalue weighted by Crippen LogP contribution is -2.65. The van der Waals surface area contributed by atoms with E-state index in [4.69, 9.17) is 4.74 Å². The molecule has 0 saturated carbocycles. The highest BCUT2D eigenvalue weighted by Gasteiger charge is 2.37. The van der Waals surface area contributed by atoms with Crippen molar-refractivity contribution in [2.75, 3.05) is 13.2 Å². The molecule has 14 heavy (non-hydrogen) atoms. The Balaban J connectivity index is 1.92. The minimum atomic E-state index is -0.134. The van der Waals surface area contributed by atoms with E-state index < -0.39 is 0 Å². The Hall–Kier alpha value is -0.610. The molecule has 4 heteroatoms. The summed E-state index contributed by atoms with van der Waals surface area (Å²) in [5, 5.41) is 6.54. The van der Waals surface area contributed by atoms with Crippen molar-refractivity contribution in [3.63, 3.8) is 0 Å². The zero-order chi connectivity index (χ0) is 10.2. The van der Waals surface area contributed by atoms with Gasteiger partial charge in [-0.2, -0.15) is 0 Å². The second kappa shape index (κ2) is 3.51. The molecule has 0 aliphatic carbocycles. The molecule has 0 aromatic rings. The number of piperidine rings is 1. The average molecular weight is 198 g/mol.